The molecular formula is C25H38N6O7. The molecule has 7 N–H and O–H groups in total. The molecule has 0 radical (unpaired) electrons. The number of carbonyl (C=O) groups is 6. The minimum absolute atomic E-state index is 0.0351. The standard InChI is InChI=1S/C25H38N6O7/c1-16(32)28-15-21(33)30(2)20(14-22(34)35)24(37)29-18(13-17-9-5-4-6-10-17)25(38)31(3)19(23(27)36)11-7-8-12-26/h4-6,9-10,18-20H,7-8,11-15,26H2,1-3H3,(H2,27,36)(H,28,32)(H,29,37)(H,34,35)/t18-,19-,20-/m0/s1. The van der Waals surface area contributed by atoms with Gasteiger partial charge in [-0.2, -0.15) is 0 Å². The number of likely N-dealkylation sites (N-methyl/N-ethyl adjacent to an activating group) is 2. The summed E-state index contributed by atoms with van der Waals surface area (Å²) in [6, 6.07) is 5.17. The summed E-state index contributed by atoms with van der Waals surface area (Å²) in [5.74, 6) is -4.72. The summed E-state index contributed by atoms with van der Waals surface area (Å²) in [7, 11) is 2.64. The fourth-order valence-corrected chi connectivity index (χ4v) is 3.80. The molecule has 0 saturated carbocycles. The van der Waals surface area contributed by atoms with Crippen molar-refractivity contribution in [2.45, 2.75) is 57.2 Å². The number of primary amides is 1. The average Bonchev–Trinajstić information content (AvgIpc) is 2.86. The summed E-state index contributed by atoms with van der Waals surface area (Å²) in [4.78, 5) is 76.1. The molecule has 0 heterocycles. The number of amides is 5. The van der Waals surface area contributed by atoms with E-state index in [1.165, 1.54) is 25.9 Å². The van der Waals surface area contributed by atoms with Crippen molar-refractivity contribution in [3.05, 3.63) is 35.9 Å². The highest BCUT2D eigenvalue weighted by molar-refractivity contribution is 5.96. The van der Waals surface area contributed by atoms with Gasteiger partial charge in [0.05, 0.1) is 13.0 Å². The van der Waals surface area contributed by atoms with Gasteiger partial charge in [-0.1, -0.05) is 30.3 Å². The molecule has 0 spiro atoms. The summed E-state index contributed by atoms with van der Waals surface area (Å²) < 4.78 is 0. The van der Waals surface area contributed by atoms with Crippen LogP contribution in [0.4, 0.5) is 0 Å². The topological polar surface area (TPSA) is 205 Å². The van der Waals surface area contributed by atoms with Crippen molar-refractivity contribution in [1.82, 2.24) is 20.4 Å². The number of benzene rings is 1. The lowest BCUT2D eigenvalue weighted by molar-refractivity contribution is -0.147. The van der Waals surface area contributed by atoms with Gasteiger partial charge in [-0.05, 0) is 31.4 Å². The fourth-order valence-electron chi connectivity index (χ4n) is 3.80. The first-order chi connectivity index (χ1) is 17.9. The third-order valence-corrected chi connectivity index (χ3v) is 5.99. The van der Waals surface area contributed by atoms with Crippen molar-refractivity contribution in [3.63, 3.8) is 0 Å². The first kappa shape index (κ1) is 32.0. The van der Waals surface area contributed by atoms with Crippen LogP contribution in [-0.4, -0.2) is 95.7 Å². The highest BCUT2D eigenvalue weighted by atomic mass is 16.4. The van der Waals surface area contributed by atoms with Crippen LogP contribution in [0.25, 0.3) is 0 Å². The normalized spacial score (nSPS) is 12.9. The number of nitrogens with one attached hydrogen (secondary N) is 2. The summed E-state index contributed by atoms with van der Waals surface area (Å²) >= 11 is 0. The minimum Gasteiger partial charge on any atom is -0.481 e. The highest BCUT2D eigenvalue weighted by Gasteiger charge is 2.35. The molecule has 0 unspecified atom stereocenters. The quantitative estimate of drug-likeness (QED) is 0.159. The maximum absolute atomic E-state index is 13.5. The van der Waals surface area contributed by atoms with E-state index in [0.29, 0.717) is 24.9 Å². The van der Waals surface area contributed by atoms with Crippen LogP contribution in [0, 0.1) is 0 Å². The molecule has 0 fully saturated rings. The van der Waals surface area contributed by atoms with E-state index in [0.717, 1.165) is 4.90 Å². The molecule has 0 aliphatic carbocycles. The Morgan fingerprint density at radius 2 is 1.61 bits per heavy atom. The van der Waals surface area contributed by atoms with Gasteiger partial charge in [0.2, 0.25) is 29.5 Å². The molecule has 5 amide bonds. The number of carboxylic acids is 1. The molecule has 13 heteroatoms. The van der Waals surface area contributed by atoms with Crippen LogP contribution in [0.2, 0.25) is 0 Å². The Bertz CT molecular complexity index is 988. The van der Waals surface area contributed by atoms with Gasteiger partial charge < -0.3 is 37.0 Å². The second-order valence-corrected chi connectivity index (χ2v) is 8.93. The van der Waals surface area contributed by atoms with Gasteiger partial charge in [0.15, 0.2) is 0 Å². The van der Waals surface area contributed by atoms with E-state index in [1.807, 2.05) is 0 Å². The molecule has 1 aromatic carbocycles. The molecule has 3 atom stereocenters. The SMILES string of the molecule is CC(=O)NCC(=O)N(C)[C@@H](CC(=O)O)C(=O)N[C@@H](Cc1ccccc1)C(=O)N(C)[C@@H](CCCCN)C(N)=O. The zero-order valence-corrected chi connectivity index (χ0v) is 22.0. The number of hydrogen-bond acceptors (Lipinski definition) is 7. The van der Waals surface area contributed by atoms with Gasteiger partial charge >= 0.3 is 5.97 Å². The van der Waals surface area contributed by atoms with Gasteiger partial charge in [-0.3, -0.25) is 28.8 Å². The number of aliphatic carboxylic acids is 1. The first-order valence-corrected chi connectivity index (χ1v) is 12.2. The van der Waals surface area contributed by atoms with E-state index in [1.54, 1.807) is 30.3 Å². The molecule has 0 aliphatic rings. The van der Waals surface area contributed by atoms with Crippen molar-refractivity contribution in [2.75, 3.05) is 27.2 Å². The number of unbranched alkanes of at least 4 members (excludes halogenated alkanes) is 1. The van der Waals surface area contributed by atoms with E-state index in [-0.39, 0.29) is 12.8 Å². The van der Waals surface area contributed by atoms with Crippen LogP contribution in [0.15, 0.2) is 30.3 Å². The Hall–Kier alpha value is -4.00. The summed E-state index contributed by atoms with van der Waals surface area (Å²) in [5.41, 5.74) is 11.8. The molecule has 210 valence electrons. The molecule has 0 aliphatic heterocycles. The van der Waals surface area contributed by atoms with Crippen molar-refractivity contribution >= 4 is 35.5 Å². The largest absolute Gasteiger partial charge is 0.481 e. The Kier molecular flexibility index (Phi) is 13.5. The Morgan fingerprint density at radius 3 is 2.13 bits per heavy atom. The van der Waals surface area contributed by atoms with E-state index in [2.05, 4.69) is 10.6 Å². The molecule has 38 heavy (non-hydrogen) atoms. The average molecular weight is 535 g/mol. The third kappa shape index (κ3) is 10.5. The Morgan fingerprint density at radius 1 is 0.974 bits per heavy atom. The van der Waals surface area contributed by atoms with Crippen molar-refractivity contribution < 1.29 is 33.9 Å². The third-order valence-electron chi connectivity index (χ3n) is 5.99. The predicted octanol–water partition coefficient (Wildman–Crippen LogP) is -1.41. The monoisotopic (exact) mass is 534 g/mol. The molecule has 0 bridgehead atoms. The zero-order valence-electron chi connectivity index (χ0n) is 22.0. The van der Waals surface area contributed by atoms with Crippen LogP contribution in [-0.2, 0) is 35.2 Å². The van der Waals surface area contributed by atoms with Gasteiger partial charge in [0.1, 0.15) is 18.1 Å². The lowest BCUT2D eigenvalue weighted by Crippen LogP contribution is -2.58. The second kappa shape index (κ2) is 16.0. The van der Waals surface area contributed by atoms with Crippen LogP contribution in [0.3, 0.4) is 0 Å². The van der Waals surface area contributed by atoms with Gasteiger partial charge in [-0.15, -0.1) is 0 Å². The number of carbonyl (C=O) groups excluding carboxylic acids is 5. The smallest absolute Gasteiger partial charge is 0.305 e. The maximum atomic E-state index is 13.5. The minimum atomic E-state index is -1.47. The molecule has 0 saturated heterocycles. The van der Waals surface area contributed by atoms with E-state index in [4.69, 9.17) is 11.5 Å². The summed E-state index contributed by atoms with van der Waals surface area (Å²) in [5, 5.41) is 14.2. The summed E-state index contributed by atoms with van der Waals surface area (Å²) in [6.07, 6.45) is 0.764. The van der Waals surface area contributed by atoms with E-state index in [9.17, 15) is 33.9 Å². The number of nitrogens with zero attached hydrogens (tertiary/aromatic N) is 2. The van der Waals surface area contributed by atoms with Crippen molar-refractivity contribution in [2.24, 2.45) is 11.5 Å². The molecule has 1 rings (SSSR count). The molecule has 1 aromatic rings. The molecule has 0 aromatic heterocycles. The van der Waals surface area contributed by atoms with E-state index >= 15 is 0 Å². The Balaban J connectivity index is 3.24. The van der Waals surface area contributed by atoms with Crippen LogP contribution < -0.4 is 22.1 Å². The second-order valence-electron chi connectivity index (χ2n) is 8.93. The lowest BCUT2D eigenvalue weighted by atomic mass is 10.0. The number of nitrogens with two attached hydrogens (primary N) is 2. The van der Waals surface area contributed by atoms with Gasteiger partial charge in [0, 0.05) is 27.4 Å². The first-order valence-electron chi connectivity index (χ1n) is 12.2. The number of hydrogen-bond donors (Lipinski definition) is 5. The van der Waals surface area contributed by atoms with Crippen LogP contribution in [0.1, 0.15) is 38.2 Å². The predicted molar refractivity (Wildman–Crippen MR) is 138 cm³/mol. The van der Waals surface area contributed by atoms with E-state index < -0.39 is 66.6 Å². The highest BCUT2D eigenvalue weighted by Crippen LogP contribution is 2.13. The molecular weight excluding hydrogens is 496 g/mol. The van der Waals surface area contributed by atoms with Crippen LogP contribution >= 0.6 is 0 Å². The van der Waals surface area contributed by atoms with Gasteiger partial charge in [0.25, 0.3) is 0 Å². The summed E-state index contributed by atoms with van der Waals surface area (Å²) in [6.45, 7) is 1.18. The maximum Gasteiger partial charge on any atom is 0.305 e. The molecule has 13 nitrogen and oxygen atoms in total. The van der Waals surface area contributed by atoms with Crippen LogP contribution in [0.5, 0.6) is 0 Å². The van der Waals surface area contributed by atoms with Gasteiger partial charge in [-0.25, -0.2) is 0 Å². The lowest BCUT2D eigenvalue weighted by Gasteiger charge is -2.32. The zero-order chi connectivity index (χ0) is 28.8. The fraction of sp³-hybridized carbons (Fsp3) is 0.520. The van der Waals surface area contributed by atoms with Crippen molar-refractivity contribution in [1.29, 1.82) is 0 Å². The number of rotatable bonds is 16. The Labute approximate surface area is 221 Å². The number of carboxylic acid groups (broad SMARTS) is 1. The van der Waals surface area contributed by atoms with Crippen molar-refractivity contribution in [3.8, 4) is 0 Å².